The summed E-state index contributed by atoms with van der Waals surface area (Å²) in [4.78, 5) is 14.3. The number of hydrogen-bond acceptors (Lipinski definition) is 5. The second kappa shape index (κ2) is 6.20. The van der Waals surface area contributed by atoms with E-state index in [9.17, 15) is 13.2 Å². The van der Waals surface area contributed by atoms with Gasteiger partial charge in [0.15, 0.2) is 0 Å². The largest absolute Gasteiger partial charge is 0.379 e. The molecule has 2 N–H and O–H groups in total. The van der Waals surface area contributed by atoms with Crippen LogP contribution in [0.1, 0.15) is 20.3 Å². The SMILES string of the molecule is CCCS(=O)(=O)N1CCN(C(=O)C2(C)COCC2N)CC1. The molecule has 7 nitrogen and oxygen atoms in total. The zero-order valence-electron chi connectivity index (χ0n) is 12.7. The molecule has 1 amide bonds. The summed E-state index contributed by atoms with van der Waals surface area (Å²) < 4.78 is 30.8. The maximum atomic E-state index is 12.6. The minimum Gasteiger partial charge on any atom is -0.379 e. The Morgan fingerprint density at radius 2 is 1.95 bits per heavy atom. The summed E-state index contributed by atoms with van der Waals surface area (Å²) in [5, 5.41) is 0. The molecule has 0 radical (unpaired) electrons. The lowest BCUT2D eigenvalue weighted by atomic mass is 9.84. The van der Waals surface area contributed by atoms with Crippen LogP contribution in [0.3, 0.4) is 0 Å². The summed E-state index contributed by atoms with van der Waals surface area (Å²) >= 11 is 0. The Labute approximate surface area is 126 Å². The summed E-state index contributed by atoms with van der Waals surface area (Å²) in [6.07, 6.45) is 0.603. The number of rotatable bonds is 4. The van der Waals surface area contributed by atoms with Gasteiger partial charge in [0, 0.05) is 32.2 Å². The molecule has 21 heavy (non-hydrogen) atoms. The number of piperazine rings is 1. The third-order valence-corrected chi connectivity index (χ3v) is 6.46. The van der Waals surface area contributed by atoms with Crippen LogP contribution in [0.5, 0.6) is 0 Å². The highest BCUT2D eigenvalue weighted by Gasteiger charge is 2.47. The summed E-state index contributed by atoms with van der Waals surface area (Å²) in [5.41, 5.74) is 5.29. The van der Waals surface area contributed by atoms with Crippen LogP contribution in [-0.4, -0.2) is 74.7 Å². The summed E-state index contributed by atoms with van der Waals surface area (Å²) in [6, 6.07) is -0.299. The van der Waals surface area contributed by atoms with Gasteiger partial charge < -0.3 is 15.4 Å². The van der Waals surface area contributed by atoms with E-state index in [2.05, 4.69) is 0 Å². The average molecular weight is 319 g/mol. The molecule has 2 unspecified atom stereocenters. The van der Waals surface area contributed by atoms with Crippen molar-refractivity contribution < 1.29 is 17.9 Å². The number of carbonyl (C=O) groups is 1. The quantitative estimate of drug-likeness (QED) is 0.735. The minimum atomic E-state index is -3.18. The Hall–Kier alpha value is -0.700. The number of ether oxygens (including phenoxy) is 1. The zero-order valence-corrected chi connectivity index (χ0v) is 13.6. The molecule has 0 saturated carbocycles. The zero-order chi connectivity index (χ0) is 15.7. The lowest BCUT2D eigenvalue weighted by Crippen LogP contribution is -2.57. The molecule has 2 saturated heterocycles. The standard InChI is InChI=1S/C13H25N3O4S/c1-3-8-21(18,19)16-6-4-15(5-7-16)12(17)13(2)10-20-9-11(13)14/h11H,3-10,14H2,1-2H3. The molecule has 0 aromatic heterocycles. The van der Waals surface area contributed by atoms with E-state index in [4.69, 9.17) is 10.5 Å². The van der Waals surface area contributed by atoms with Crippen molar-refractivity contribution >= 4 is 15.9 Å². The van der Waals surface area contributed by atoms with E-state index in [1.807, 2.05) is 13.8 Å². The van der Waals surface area contributed by atoms with Crippen molar-refractivity contribution in [2.45, 2.75) is 26.3 Å². The van der Waals surface area contributed by atoms with Crippen LogP contribution in [-0.2, 0) is 19.6 Å². The molecule has 0 spiro atoms. The molecule has 2 heterocycles. The molecule has 0 aromatic carbocycles. The van der Waals surface area contributed by atoms with Crippen LogP contribution in [0.2, 0.25) is 0 Å². The Morgan fingerprint density at radius 3 is 2.43 bits per heavy atom. The highest BCUT2D eigenvalue weighted by molar-refractivity contribution is 7.89. The number of nitrogens with two attached hydrogens (primary N) is 1. The lowest BCUT2D eigenvalue weighted by Gasteiger charge is -2.38. The Bertz CT molecular complexity index is 488. The van der Waals surface area contributed by atoms with Gasteiger partial charge >= 0.3 is 0 Å². The van der Waals surface area contributed by atoms with Crippen LogP contribution < -0.4 is 5.73 Å². The van der Waals surface area contributed by atoms with Gasteiger partial charge in [0.05, 0.1) is 24.4 Å². The maximum Gasteiger partial charge on any atom is 0.232 e. The normalized spacial score (nSPS) is 31.6. The summed E-state index contributed by atoms with van der Waals surface area (Å²) in [5.74, 6) is 0.136. The van der Waals surface area contributed by atoms with Gasteiger partial charge in [-0.3, -0.25) is 4.79 Å². The highest BCUT2D eigenvalue weighted by atomic mass is 32.2. The van der Waals surface area contributed by atoms with Gasteiger partial charge in [-0.1, -0.05) is 6.92 Å². The van der Waals surface area contributed by atoms with Gasteiger partial charge in [-0.05, 0) is 13.3 Å². The van der Waals surface area contributed by atoms with Crippen molar-refractivity contribution in [1.29, 1.82) is 0 Å². The lowest BCUT2D eigenvalue weighted by molar-refractivity contribution is -0.143. The van der Waals surface area contributed by atoms with Crippen LogP contribution in [0.25, 0.3) is 0 Å². The van der Waals surface area contributed by atoms with Gasteiger partial charge in [0.1, 0.15) is 0 Å². The smallest absolute Gasteiger partial charge is 0.232 e. The highest BCUT2D eigenvalue weighted by Crippen LogP contribution is 2.30. The molecule has 2 aliphatic heterocycles. The van der Waals surface area contributed by atoms with Crippen LogP contribution >= 0.6 is 0 Å². The van der Waals surface area contributed by atoms with Crippen molar-refractivity contribution in [3.8, 4) is 0 Å². The molecule has 2 fully saturated rings. The van der Waals surface area contributed by atoms with Gasteiger partial charge in [0.25, 0.3) is 0 Å². The Kier molecular flexibility index (Phi) is 4.92. The number of nitrogens with zero attached hydrogens (tertiary/aromatic N) is 2. The molecular weight excluding hydrogens is 294 g/mol. The Balaban J connectivity index is 1.97. The van der Waals surface area contributed by atoms with Crippen LogP contribution in [0, 0.1) is 5.41 Å². The molecular formula is C13H25N3O4S. The van der Waals surface area contributed by atoms with E-state index in [1.165, 1.54) is 4.31 Å². The van der Waals surface area contributed by atoms with Crippen molar-refractivity contribution in [1.82, 2.24) is 9.21 Å². The van der Waals surface area contributed by atoms with Gasteiger partial charge in [0.2, 0.25) is 15.9 Å². The fourth-order valence-electron chi connectivity index (χ4n) is 2.83. The first-order chi connectivity index (χ1) is 9.81. The molecule has 2 rings (SSSR count). The average Bonchev–Trinajstić information content (AvgIpc) is 2.79. The molecule has 8 heteroatoms. The van der Waals surface area contributed by atoms with Gasteiger partial charge in [-0.25, -0.2) is 8.42 Å². The van der Waals surface area contributed by atoms with E-state index in [-0.39, 0.29) is 17.7 Å². The molecule has 0 aromatic rings. The van der Waals surface area contributed by atoms with Crippen molar-refractivity contribution in [2.24, 2.45) is 11.1 Å². The van der Waals surface area contributed by atoms with Crippen molar-refractivity contribution in [3.05, 3.63) is 0 Å². The molecule has 122 valence electrons. The summed E-state index contributed by atoms with van der Waals surface area (Å²) in [7, 11) is -3.18. The molecule has 0 bridgehead atoms. The topological polar surface area (TPSA) is 92.9 Å². The van der Waals surface area contributed by atoms with E-state index < -0.39 is 15.4 Å². The Morgan fingerprint density at radius 1 is 1.33 bits per heavy atom. The van der Waals surface area contributed by atoms with E-state index in [1.54, 1.807) is 4.90 Å². The molecule has 0 aliphatic carbocycles. The third kappa shape index (κ3) is 3.23. The molecule has 2 aliphatic rings. The third-order valence-electron chi connectivity index (χ3n) is 4.39. The minimum absolute atomic E-state index is 0.0277. The second-order valence-electron chi connectivity index (χ2n) is 6.05. The first-order valence-corrected chi connectivity index (χ1v) is 9.02. The first kappa shape index (κ1) is 16.7. The van der Waals surface area contributed by atoms with Crippen LogP contribution in [0.4, 0.5) is 0 Å². The van der Waals surface area contributed by atoms with E-state index in [0.29, 0.717) is 45.8 Å². The van der Waals surface area contributed by atoms with Crippen molar-refractivity contribution in [2.75, 3.05) is 45.1 Å². The predicted octanol–water partition coefficient (Wildman–Crippen LogP) is -0.766. The van der Waals surface area contributed by atoms with Crippen LogP contribution in [0.15, 0.2) is 0 Å². The summed E-state index contributed by atoms with van der Waals surface area (Å²) in [6.45, 7) is 5.97. The number of hydrogen-bond donors (Lipinski definition) is 1. The maximum absolute atomic E-state index is 12.6. The first-order valence-electron chi connectivity index (χ1n) is 7.42. The predicted molar refractivity (Wildman–Crippen MR) is 79.1 cm³/mol. The number of sulfonamides is 1. The van der Waals surface area contributed by atoms with E-state index >= 15 is 0 Å². The second-order valence-corrected chi connectivity index (χ2v) is 8.13. The monoisotopic (exact) mass is 319 g/mol. The number of carbonyl (C=O) groups excluding carboxylic acids is 1. The molecule has 2 atom stereocenters. The fraction of sp³-hybridized carbons (Fsp3) is 0.923. The van der Waals surface area contributed by atoms with Gasteiger partial charge in [-0.15, -0.1) is 0 Å². The number of amides is 1. The van der Waals surface area contributed by atoms with Gasteiger partial charge in [-0.2, -0.15) is 4.31 Å². The van der Waals surface area contributed by atoms with Crippen molar-refractivity contribution in [3.63, 3.8) is 0 Å². The fourth-order valence-corrected chi connectivity index (χ4v) is 4.32. The van der Waals surface area contributed by atoms with E-state index in [0.717, 1.165) is 0 Å².